The van der Waals surface area contributed by atoms with Gasteiger partial charge in [-0.05, 0) is 62.2 Å². The van der Waals surface area contributed by atoms with Crippen molar-refractivity contribution < 1.29 is 28.9 Å². The van der Waals surface area contributed by atoms with Gasteiger partial charge in [0, 0.05) is 23.6 Å². The molecule has 2 rings (SSSR count). The number of aliphatic carboxylic acids is 1. The van der Waals surface area contributed by atoms with E-state index in [4.69, 9.17) is 25.8 Å². The molecule has 0 aliphatic rings. The number of rotatable bonds is 11. The highest BCUT2D eigenvalue weighted by Crippen LogP contribution is 2.23. The molecule has 8 heteroatoms. The molecule has 0 saturated heterocycles. The molecule has 31 heavy (non-hydrogen) atoms. The first-order valence-corrected chi connectivity index (χ1v) is 10.5. The molecule has 0 aliphatic carbocycles. The highest BCUT2D eigenvalue weighted by Gasteiger charge is 2.21. The van der Waals surface area contributed by atoms with Gasteiger partial charge in [0.05, 0.1) is 19.3 Å². The number of carboxylic acid groups (broad SMARTS) is 1. The first-order valence-electron chi connectivity index (χ1n) is 10.1. The maximum absolute atomic E-state index is 12.0. The Labute approximate surface area is 187 Å². The van der Waals surface area contributed by atoms with Gasteiger partial charge in [0.15, 0.2) is 6.10 Å². The van der Waals surface area contributed by atoms with E-state index in [1.165, 1.54) is 0 Å². The van der Waals surface area contributed by atoms with Crippen molar-refractivity contribution in [1.82, 2.24) is 0 Å². The number of anilines is 1. The Morgan fingerprint density at radius 1 is 1.13 bits per heavy atom. The molecule has 7 nitrogen and oxygen atoms in total. The van der Waals surface area contributed by atoms with Gasteiger partial charge >= 0.3 is 12.1 Å². The lowest BCUT2D eigenvalue weighted by atomic mass is 10.0. The number of hydrogen-bond donors (Lipinski definition) is 2. The summed E-state index contributed by atoms with van der Waals surface area (Å²) in [5, 5.41) is 12.6. The van der Waals surface area contributed by atoms with Crippen molar-refractivity contribution >= 4 is 29.4 Å². The minimum Gasteiger partial charge on any atom is -0.494 e. The van der Waals surface area contributed by atoms with Crippen LogP contribution in [0.2, 0.25) is 5.02 Å². The summed E-state index contributed by atoms with van der Waals surface area (Å²) in [7, 11) is 0. The van der Waals surface area contributed by atoms with Crippen LogP contribution in [0, 0.1) is 0 Å². The van der Waals surface area contributed by atoms with E-state index in [0.717, 1.165) is 11.1 Å². The Hall–Kier alpha value is -2.77. The molecule has 2 aromatic carbocycles. The highest BCUT2D eigenvalue weighted by atomic mass is 35.5. The van der Waals surface area contributed by atoms with E-state index in [-0.39, 0.29) is 19.1 Å². The van der Waals surface area contributed by atoms with Crippen molar-refractivity contribution in [3.05, 3.63) is 58.6 Å². The Morgan fingerprint density at radius 2 is 1.84 bits per heavy atom. The number of carbonyl (C=O) groups excluding carboxylic acids is 1. The number of nitrogens with one attached hydrogen (secondary N) is 1. The second-order valence-corrected chi connectivity index (χ2v) is 7.55. The predicted molar refractivity (Wildman–Crippen MR) is 119 cm³/mol. The van der Waals surface area contributed by atoms with Crippen LogP contribution in [0.5, 0.6) is 5.75 Å². The predicted octanol–water partition coefficient (Wildman–Crippen LogP) is 4.95. The van der Waals surface area contributed by atoms with Gasteiger partial charge in [0.25, 0.3) is 0 Å². The van der Waals surface area contributed by atoms with Crippen LogP contribution in [-0.4, -0.2) is 42.6 Å². The first-order chi connectivity index (χ1) is 14.8. The standard InChI is InChI=1S/C23H28ClNO6/c1-4-29-20-10-5-16(14-21(22(26)27)31-15(2)3)13-17(20)11-12-30-23(28)25-19-8-6-18(24)7-9-19/h5-10,13,15,21H,4,11-12,14H2,1-3H3,(H,25,28)(H,26,27). The number of carboxylic acids is 1. The summed E-state index contributed by atoms with van der Waals surface area (Å²) >= 11 is 5.83. The molecule has 168 valence electrons. The highest BCUT2D eigenvalue weighted by molar-refractivity contribution is 6.30. The lowest BCUT2D eigenvalue weighted by Gasteiger charge is -2.18. The molecule has 0 saturated carbocycles. The number of benzene rings is 2. The van der Waals surface area contributed by atoms with Gasteiger partial charge < -0.3 is 19.3 Å². The molecule has 0 bridgehead atoms. The number of ether oxygens (including phenoxy) is 3. The minimum absolute atomic E-state index is 0.133. The number of halogens is 1. The number of hydrogen-bond acceptors (Lipinski definition) is 5. The Bertz CT molecular complexity index is 869. The van der Waals surface area contributed by atoms with Gasteiger partial charge in [-0.2, -0.15) is 0 Å². The summed E-state index contributed by atoms with van der Waals surface area (Å²) in [4.78, 5) is 23.5. The van der Waals surface area contributed by atoms with Crippen molar-refractivity contribution in [2.24, 2.45) is 0 Å². The van der Waals surface area contributed by atoms with Crippen LogP contribution in [0.15, 0.2) is 42.5 Å². The molecule has 0 radical (unpaired) electrons. The second-order valence-electron chi connectivity index (χ2n) is 7.11. The van der Waals surface area contributed by atoms with Crippen LogP contribution < -0.4 is 10.1 Å². The van der Waals surface area contributed by atoms with Crippen molar-refractivity contribution in [1.29, 1.82) is 0 Å². The van der Waals surface area contributed by atoms with Crippen LogP contribution in [0.3, 0.4) is 0 Å². The summed E-state index contributed by atoms with van der Waals surface area (Å²) in [6.07, 6.45) is -1.07. The summed E-state index contributed by atoms with van der Waals surface area (Å²) in [6, 6.07) is 12.2. The third kappa shape index (κ3) is 8.47. The summed E-state index contributed by atoms with van der Waals surface area (Å²) in [5.41, 5.74) is 2.21. The van der Waals surface area contributed by atoms with Gasteiger partial charge in [-0.1, -0.05) is 23.7 Å². The topological polar surface area (TPSA) is 94.1 Å². The van der Waals surface area contributed by atoms with Crippen molar-refractivity contribution in [2.75, 3.05) is 18.5 Å². The fourth-order valence-corrected chi connectivity index (χ4v) is 3.05. The molecule has 1 unspecified atom stereocenters. The quantitative estimate of drug-likeness (QED) is 0.504. The molecule has 0 fully saturated rings. The molecule has 0 aromatic heterocycles. The van der Waals surface area contributed by atoms with Gasteiger partial charge in [-0.3, -0.25) is 5.32 Å². The Kier molecular flexibility index (Phi) is 9.62. The van der Waals surface area contributed by atoms with E-state index in [0.29, 0.717) is 29.5 Å². The van der Waals surface area contributed by atoms with Gasteiger partial charge in [0.2, 0.25) is 0 Å². The maximum atomic E-state index is 12.0. The van der Waals surface area contributed by atoms with Crippen molar-refractivity contribution in [3.8, 4) is 5.75 Å². The van der Waals surface area contributed by atoms with Crippen LogP contribution >= 0.6 is 11.6 Å². The van der Waals surface area contributed by atoms with Crippen LogP contribution in [-0.2, 0) is 27.1 Å². The third-order valence-electron chi connectivity index (χ3n) is 4.25. The molecule has 1 amide bonds. The molecular formula is C23H28ClNO6. The van der Waals surface area contributed by atoms with Crippen molar-refractivity contribution in [2.45, 2.75) is 45.8 Å². The fourth-order valence-electron chi connectivity index (χ4n) is 2.93. The maximum Gasteiger partial charge on any atom is 0.411 e. The summed E-state index contributed by atoms with van der Waals surface area (Å²) in [5.74, 6) is -0.337. The lowest BCUT2D eigenvalue weighted by molar-refractivity contribution is -0.153. The average molecular weight is 450 g/mol. The largest absolute Gasteiger partial charge is 0.494 e. The Balaban J connectivity index is 2.00. The van der Waals surface area contributed by atoms with E-state index in [9.17, 15) is 14.7 Å². The smallest absolute Gasteiger partial charge is 0.411 e. The van der Waals surface area contributed by atoms with E-state index in [1.54, 1.807) is 44.2 Å². The lowest BCUT2D eigenvalue weighted by Crippen LogP contribution is -2.29. The SMILES string of the molecule is CCOc1ccc(CC(OC(C)C)C(=O)O)cc1CCOC(=O)Nc1ccc(Cl)cc1. The van der Waals surface area contributed by atoms with Gasteiger partial charge in [0.1, 0.15) is 5.75 Å². The monoisotopic (exact) mass is 449 g/mol. The first kappa shape index (κ1) is 24.5. The normalized spacial score (nSPS) is 11.8. The van der Waals surface area contributed by atoms with E-state index < -0.39 is 18.2 Å². The van der Waals surface area contributed by atoms with Crippen LogP contribution in [0.1, 0.15) is 31.9 Å². The van der Waals surface area contributed by atoms with Crippen molar-refractivity contribution in [3.63, 3.8) is 0 Å². The molecule has 0 spiro atoms. The zero-order chi connectivity index (χ0) is 22.8. The summed E-state index contributed by atoms with van der Waals surface area (Å²) < 4.78 is 16.4. The number of amides is 1. The zero-order valence-electron chi connectivity index (χ0n) is 17.9. The van der Waals surface area contributed by atoms with Gasteiger partial charge in [-0.15, -0.1) is 0 Å². The van der Waals surface area contributed by atoms with Crippen LogP contribution in [0.25, 0.3) is 0 Å². The second kappa shape index (κ2) is 12.2. The van der Waals surface area contributed by atoms with E-state index >= 15 is 0 Å². The fraction of sp³-hybridized carbons (Fsp3) is 0.391. The third-order valence-corrected chi connectivity index (χ3v) is 4.50. The molecule has 0 heterocycles. The molecule has 2 aromatic rings. The summed E-state index contributed by atoms with van der Waals surface area (Å²) in [6.45, 7) is 6.09. The Morgan fingerprint density at radius 3 is 2.45 bits per heavy atom. The van der Waals surface area contributed by atoms with Crippen LogP contribution in [0.4, 0.5) is 10.5 Å². The average Bonchev–Trinajstić information content (AvgIpc) is 2.70. The minimum atomic E-state index is -1.01. The van der Waals surface area contributed by atoms with Gasteiger partial charge in [-0.25, -0.2) is 9.59 Å². The molecular weight excluding hydrogens is 422 g/mol. The zero-order valence-corrected chi connectivity index (χ0v) is 18.6. The van der Waals surface area contributed by atoms with E-state index in [1.807, 2.05) is 19.1 Å². The molecule has 0 aliphatic heterocycles. The number of carbonyl (C=O) groups is 2. The van der Waals surface area contributed by atoms with E-state index in [2.05, 4.69) is 5.32 Å². The molecule has 1 atom stereocenters. The molecule has 2 N–H and O–H groups in total.